The summed E-state index contributed by atoms with van der Waals surface area (Å²) in [6, 6.07) is 0. The van der Waals surface area contributed by atoms with Gasteiger partial charge in [0, 0.05) is 13.8 Å². The molecule has 0 fully saturated rings. The summed E-state index contributed by atoms with van der Waals surface area (Å²) in [6.07, 6.45) is 16.3. The molecule has 0 aliphatic heterocycles. The number of allylic oxidation sites excluding steroid dienone is 2. The maximum absolute atomic E-state index is 11.2. The molecule has 0 spiro atoms. The lowest BCUT2D eigenvalue weighted by Gasteiger charge is -2.15. The van der Waals surface area contributed by atoms with E-state index in [0.717, 1.165) is 57.8 Å². The van der Waals surface area contributed by atoms with Gasteiger partial charge in [0.25, 0.3) is 0 Å². The second-order valence-electron chi connectivity index (χ2n) is 6.83. The second-order valence-corrected chi connectivity index (χ2v) is 6.83. The van der Waals surface area contributed by atoms with E-state index in [1.54, 1.807) is 0 Å². The number of carbonyl (C=O) groups is 2. The highest BCUT2D eigenvalue weighted by atomic mass is 16.5. The Balaban J connectivity index is 3.70. The number of hydrogen-bond donors (Lipinski definition) is 0. The molecule has 146 valence electrons. The van der Waals surface area contributed by atoms with Crippen molar-refractivity contribution < 1.29 is 19.1 Å². The van der Waals surface area contributed by atoms with Crippen LogP contribution in [-0.4, -0.2) is 24.1 Å². The van der Waals surface area contributed by atoms with E-state index in [2.05, 4.69) is 19.1 Å². The Morgan fingerprint density at radius 1 is 0.800 bits per heavy atom. The minimum Gasteiger partial charge on any atom is -0.463 e. The van der Waals surface area contributed by atoms with Crippen molar-refractivity contribution in [3.05, 3.63) is 12.2 Å². The lowest BCUT2D eigenvalue weighted by atomic mass is 10.1. The molecule has 0 amide bonds. The van der Waals surface area contributed by atoms with E-state index in [4.69, 9.17) is 9.47 Å². The topological polar surface area (TPSA) is 52.6 Å². The fourth-order valence-corrected chi connectivity index (χ4v) is 2.85. The molecule has 4 nitrogen and oxygen atoms in total. The van der Waals surface area contributed by atoms with E-state index in [0.29, 0.717) is 0 Å². The van der Waals surface area contributed by atoms with Crippen molar-refractivity contribution in [2.75, 3.05) is 0 Å². The SMILES string of the molecule is CCCCCC(CC/C=C\CCCCCC(C)OC(C)=O)OC(C)=O. The Morgan fingerprint density at radius 3 is 2.08 bits per heavy atom. The Morgan fingerprint density at radius 2 is 1.44 bits per heavy atom. The molecule has 0 aromatic rings. The quantitative estimate of drug-likeness (QED) is 0.214. The lowest BCUT2D eigenvalue weighted by molar-refractivity contribution is -0.147. The number of rotatable bonds is 15. The van der Waals surface area contributed by atoms with Crippen LogP contribution in [0.1, 0.15) is 98.3 Å². The van der Waals surface area contributed by atoms with E-state index in [1.807, 2.05) is 6.92 Å². The zero-order valence-corrected chi connectivity index (χ0v) is 16.7. The van der Waals surface area contributed by atoms with Crippen molar-refractivity contribution in [3.63, 3.8) is 0 Å². The van der Waals surface area contributed by atoms with Gasteiger partial charge < -0.3 is 9.47 Å². The Labute approximate surface area is 154 Å². The standard InChI is InChI=1S/C21H38O4/c1-5-6-12-16-21(25-20(4)23)17-14-11-9-7-8-10-13-15-18(2)24-19(3)22/h9,11,18,21H,5-8,10,12-17H2,1-4H3/b11-9-. The molecule has 0 radical (unpaired) electrons. The number of hydrogen-bond acceptors (Lipinski definition) is 4. The first kappa shape index (κ1) is 23.7. The Hall–Kier alpha value is -1.32. The monoisotopic (exact) mass is 354 g/mol. The zero-order chi connectivity index (χ0) is 18.9. The highest BCUT2D eigenvalue weighted by molar-refractivity contribution is 5.66. The van der Waals surface area contributed by atoms with Gasteiger partial charge in [-0.05, 0) is 58.3 Å². The summed E-state index contributed by atoms with van der Waals surface area (Å²) in [5.74, 6) is -0.370. The minimum atomic E-state index is -0.197. The van der Waals surface area contributed by atoms with Crippen LogP contribution in [0.2, 0.25) is 0 Å². The summed E-state index contributed by atoms with van der Waals surface area (Å²) in [4.78, 5) is 22.0. The van der Waals surface area contributed by atoms with E-state index >= 15 is 0 Å². The van der Waals surface area contributed by atoms with Crippen LogP contribution in [0.4, 0.5) is 0 Å². The lowest BCUT2D eigenvalue weighted by Crippen LogP contribution is -2.16. The van der Waals surface area contributed by atoms with Crippen LogP contribution in [0.15, 0.2) is 12.2 Å². The third kappa shape index (κ3) is 17.3. The highest BCUT2D eigenvalue weighted by Gasteiger charge is 2.10. The molecule has 25 heavy (non-hydrogen) atoms. The molecule has 2 unspecified atom stereocenters. The second kappa shape index (κ2) is 16.2. The average molecular weight is 355 g/mol. The van der Waals surface area contributed by atoms with Crippen LogP contribution in [0.3, 0.4) is 0 Å². The van der Waals surface area contributed by atoms with E-state index in [1.165, 1.54) is 26.7 Å². The molecular formula is C21H38O4. The van der Waals surface area contributed by atoms with Crippen molar-refractivity contribution in [2.24, 2.45) is 0 Å². The molecule has 0 heterocycles. The maximum atomic E-state index is 11.2. The first-order valence-electron chi connectivity index (χ1n) is 9.95. The highest BCUT2D eigenvalue weighted by Crippen LogP contribution is 2.14. The third-order valence-electron chi connectivity index (χ3n) is 4.13. The molecule has 0 aromatic heterocycles. The van der Waals surface area contributed by atoms with E-state index < -0.39 is 0 Å². The van der Waals surface area contributed by atoms with E-state index in [9.17, 15) is 9.59 Å². The summed E-state index contributed by atoms with van der Waals surface area (Å²) in [7, 11) is 0. The average Bonchev–Trinajstić information content (AvgIpc) is 2.52. The summed E-state index contributed by atoms with van der Waals surface area (Å²) in [5, 5.41) is 0. The molecule has 0 aliphatic rings. The number of unbranched alkanes of at least 4 members (excludes halogenated alkanes) is 5. The van der Waals surface area contributed by atoms with Gasteiger partial charge in [-0.1, -0.05) is 38.3 Å². The van der Waals surface area contributed by atoms with E-state index in [-0.39, 0.29) is 24.1 Å². The van der Waals surface area contributed by atoms with Crippen LogP contribution in [0, 0.1) is 0 Å². The zero-order valence-electron chi connectivity index (χ0n) is 16.7. The van der Waals surface area contributed by atoms with Crippen LogP contribution in [0.5, 0.6) is 0 Å². The largest absolute Gasteiger partial charge is 0.463 e. The van der Waals surface area contributed by atoms with Gasteiger partial charge in [0.2, 0.25) is 0 Å². The van der Waals surface area contributed by atoms with Crippen LogP contribution in [-0.2, 0) is 19.1 Å². The number of esters is 2. The molecule has 4 heteroatoms. The number of ether oxygens (including phenoxy) is 2. The number of carbonyl (C=O) groups excluding carboxylic acids is 2. The van der Waals surface area contributed by atoms with Crippen molar-refractivity contribution in [2.45, 2.75) is 111 Å². The minimum absolute atomic E-state index is 0.0268. The van der Waals surface area contributed by atoms with Crippen molar-refractivity contribution >= 4 is 11.9 Å². The fourth-order valence-electron chi connectivity index (χ4n) is 2.85. The third-order valence-corrected chi connectivity index (χ3v) is 4.13. The van der Waals surface area contributed by atoms with Gasteiger partial charge in [-0.3, -0.25) is 9.59 Å². The van der Waals surface area contributed by atoms with Gasteiger partial charge in [0.1, 0.15) is 6.10 Å². The molecule has 0 saturated heterocycles. The van der Waals surface area contributed by atoms with Crippen molar-refractivity contribution in [1.82, 2.24) is 0 Å². The van der Waals surface area contributed by atoms with Gasteiger partial charge in [-0.25, -0.2) is 0 Å². The predicted molar refractivity (Wildman–Crippen MR) is 102 cm³/mol. The van der Waals surface area contributed by atoms with Crippen molar-refractivity contribution in [1.29, 1.82) is 0 Å². The van der Waals surface area contributed by atoms with Gasteiger partial charge in [-0.2, -0.15) is 0 Å². The Bertz CT molecular complexity index is 376. The molecule has 0 aliphatic carbocycles. The molecular weight excluding hydrogens is 316 g/mol. The molecule has 0 N–H and O–H groups in total. The van der Waals surface area contributed by atoms with Crippen LogP contribution < -0.4 is 0 Å². The molecule has 0 saturated carbocycles. The van der Waals surface area contributed by atoms with Crippen LogP contribution >= 0.6 is 0 Å². The first-order chi connectivity index (χ1) is 12.0. The fraction of sp³-hybridized carbons (Fsp3) is 0.810. The van der Waals surface area contributed by atoms with Gasteiger partial charge in [-0.15, -0.1) is 0 Å². The summed E-state index contributed by atoms with van der Waals surface area (Å²) >= 11 is 0. The van der Waals surface area contributed by atoms with Crippen molar-refractivity contribution in [3.8, 4) is 0 Å². The smallest absolute Gasteiger partial charge is 0.302 e. The summed E-state index contributed by atoms with van der Waals surface area (Å²) in [5.41, 5.74) is 0. The van der Waals surface area contributed by atoms with Crippen LogP contribution in [0.25, 0.3) is 0 Å². The predicted octanol–water partition coefficient (Wildman–Crippen LogP) is 5.74. The Kier molecular flexibility index (Phi) is 15.3. The van der Waals surface area contributed by atoms with Gasteiger partial charge >= 0.3 is 11.9 Å². The molecule has 0 rings (SSSR count). The van der Waals surface area contributed by atoms with Gasteiger partial charge in [0.05, 0.1) is 6.10 Å². The van der Waals surface area contributed by atoms with Gasteiger partial charge in [0.15, 0.2) is 0 Å². The molecule has 0 bridgehead atoms. The maximum Gasteiger partial charge on any atom is 0.302 e. The summed E-state index contributed by atoms with van der Waals surface area (Å²) in [6.45, 7) is 7.07. The first-order valence-corrected chi connectivity index (χ1v) is 9.95. The normalized spacial score (nSPS) is 13.6. The summed E-state index contributed by atoms with van der Waals surface area (Å²) < 4.78 is 10.5. The molecule has 0 aromatic carbocycles. The molecule has 2 atom stereocenters.